The van der Waals surface area contributed by atoms with E-state index in [9.17, 15) is 0 Å². The second kappa shape index (κ2) is 7.46. The first-order valence-corrected chi connectivity index (χ1v) is 10.3. The van der Waals surface area contributed by atoms with Gasteiger partial charge in [-0.1, -0.05) is 43.6 Å². The summed E-state index contributed by atoms with van der Waals surface area (Å²) in [5.74, 6) is 2.45. The van der Waals surface area contributed by atoms with Crippen molar-refractivity contribution in [1.82, 2.24) is 0 Å². The second-order valence-corrected chi connectivity index (χ2v) is 10.1. The molecule has 0 unspecified atom stereocenters. The third-order valence-electron chi connectivity index (χ3n) is 4.11. The molecule has 0 aliphatic carbocycles. The number of aryl methyl sites for hydroxylation is 6. The van der Waals surface area contributed by atoms with Crippen molar-refractivity contribution in [2.24, 2.45) is 0 Å². The molecule has 0 nitrogen and oxygen atoms in total. The Labute approximate surface area is 153 Å². The second-order valence-electron chi connectivity index (χ2n) is 7.44. The molecule has 0 radical (unpaired) electrons. The maximum atomic E-state index is 2.45. The van der Waals surface area contributed by atoms with Crippen molar-refractivity contribution in [3.05, 3.63) is 57.6 Å². The maximum Gasteiger partial charge on any atom is 0.0375 e. The summed E-state index contributed by atoms with van der Waals surface area (Å²) in [5, 5.41) is 1.45. The van der Waals surface area contributed by atoms with Crippen molar-refractivity contribution in [2.75, 3.05) is 0 Å². The van der Waals surface area contributed by atoms with Crippen molar-refractivity contribution < 1.29 is 0 Å². The highest BCUT2D eigenvalue weighted by Gasteiger charge is 2.19. The summed E-state index contributed by atoms with van der Waals surface area (Å²) >= 11 is 1.98. The van der Waals surface area contributed by atoms with E-state index in [1.54, 1.807) is 0 Å². The number of hydrogen-bond donors (Lipinski definition) is 0. The molecule has 2 aromatic carbocycles. The van der Waals surface area contributed by atoms with Gasteiger partial charge in [-0.25, -0.2) is 0 Å². The Morgan fingerprint density at radius 1 is 0.750 bits per heavy atom. The summed E-state index contributed by atoms with van der Waals surface area (Å²) < 4.78 is 0.0934. The minimum Gasteiger partial charge on any atom is -0.115 e. The lowest BCUT2D eigenvalue weighted by Gasteiger charge is -2.23. The van der Waals surface area contributed by atoms with Gasteiger partial charge in [0.05, 0.1) is 0 Å². The van der Waals surface area contributed by atoms with Gasteiger partial charge in [-0.15, -0.1) is 11.8 Å². The molecule has 0 bridgehead atoms. The van der Waals surface area contributed by atoms with E-state index in [2.05, 4.69) is 85.5 Å². The lowest BCUT2D eigenvalue weighted by atomic mass is 10.1. The van der Waals surface area contributed by atoms with Crippen LogP contribution in [0.5, 0.6) is 0 Å². The van der Waals surface area contributed by atoms with Gasteiger partial charge in [0.15, 0.2) is 0 Å². The van der Waals surface area contributed by atoms with Gasteiger partial charge >= 0.3 is 0 Å². The fourth-order valence-corrected chi connectivity index (χ4v) is 5.52. The predicted molar refractivity (Wildman–Crippen MR) is 114 cm³/mol. The standard InChI is InChI=1S/C22H29PS/c1-14-9-16(3)20(17(4)10-14)23-13-22(7,8)24-21-18(5)11-15(2)12-19(21)6/h9-13H,1-8H3. The lowest BCUT2D eigenvalue weighted by Crippen LogP contribution is -2.17. The van der Waals surface area contributed by atoms with Crippen molar-refractivity contribution in [3.8, 4) is 0 Å². The molecular weight excluding hydrogens is 327 g/mol. The first kappa shape index (κ1) is 19.3. The van der Waals surface area contributed by atoms with Crippen LogP contribution in [-0.4, -0.2) is 10.5 Å². The zero-order chi connectivity index (χ0) is 18.1. The van der Waals surface area contributed by atoms with Crippen LogP contribution in [0.25, 0.3) is 0 Å². The van der Waals surface area contributed by atoms with E-state index in [0.29, 0.717) is 0 Å². The molecule has 0 aromatic heterocycles. The first-order chi connectivity index (χ1) is 11.1. The number of rotatable bonds is 4. The van der Waals surface area contributed by atoms with E-state index in [-0.39, 0.29) is 4.75 Å². The Morgan fingerprint density at radius 3 is 1.62 bits per heavy atom. The monoisotopic (exact) mass is 356 g/mol. The summed E-state index contributed by atoms with van der Waals surface area (Å²) in [6.45, 7) is 17.9. The molecule has 128 valence electrons. The molecule has 2 rings (SSSR count). The van der Waals surface area contributed by atoms with Gasteiger partial charge in [-0.3, -0.25) is 0 Å². The minimum absolute atomic E-state index is 0.0934. The molecule has 0 saturated heterocycles. The van der Waals surface area contributed by atoms with Gasteiger partial charge in [-0.05, 0) is 83.4 Å². The molecule has 24 heavy (non-hydrogen) atoms. The third kappa shape index (κ3) is 4.74. The number of hydrogen-bond acceptors (Lipinski definition) is 1. The van der Waals surface area contributed by atoms with Crippen LogP contribution >= 0.6 is 20.0 Å². The summed E-state index contributed by atoms with van der Waals surface area (Å²) in [5.41, 5.74) is 8.27. The Morgan fingerprint density at radius 2 is 1.17 bits per heavy atom. The van der Waals surface area contributed by atoms with Crippen LogP contribution in [0, 0.1) is 41.5 Å². The summed E-state index contributed by atoms with van der Waals surface area (Å²) in [4.78, 5) is 1.43. The lowest BCUT2D eigenvalue weighted by molar-refractivity contribution is 0.979. The van der Waals surface area contributed by atoms with Crippen molar-refractivity contribution in [2.45, 2.75) is 65.0 Å². The Kier molecular flexibility index (Phi) is 6.00. The van der Waals surface area contributed by atoms with E-state index in [0.717, 1.165) is 0 Å². The normalized spacial score (nSPS) is 12.2. The predicted octanol–water partition coefficient (Wildman–Crippen LogP) is 6.48. The van der Waals surface area contributed by atoms with Crippen molar-refractivity contribution in [3.63, 3.8) is 0 Å². The summed E-state index contributed by atoms with van der Waals surface area (Å²) in [6.07, 6.45) is 0. The largest absolute Gasteiger partial charge is 0.115 e. The number of benzene rings is 2. The van der Waals surface area contributed by atoms with Crippen LogP contribution in [0.15, 0.2) is 29.2 Å². The van der Waals surface area contributed by atoms with Crippen LogP contribution < -0.4 is 5.30 Å². The molecule has 0 atom stereocenters. The fraction of sp³-hybridized carbons (Fsp3) is 0.409. The summed E-state index contributed by atoms with van der Waals surface area (Å²) in [6, 6.07) is 9.16. The average Bonchev–Trinajstić information content (AvgIpc) is 2.41. The van der Waals surface area contributed by atoms with Crippen LogP contribution in [0.2, 0.25) is 0 Å². The van der Waals surface area contributed by atoms with Crippen LogP contribution in [0.1, 0.15) is 47.2 Å². The Hall–Kier alpha value is -1.04. The first-order valence-electron chi connectivity index (χ1n) is 8.49. The minimum atomic E-state index is 0.0934. The molecule has 2 aromatic rings. The quantitative estimate of drug-likeness (QED) is 0.446. The van der Waals surface area contributed by atoms with Gasteiger partial charge in [0.2, 0.25) is 0 Å². The van der Waals surface area contributed by atoms with E-state index >= 15 is 0 Å². The molecule has 0 saturated carbocycles. The van der Waals surface area contributed by atoms with Crippen molar-refractivity contribution in [1.29, 1.82) is 0 Å². The van der Waals surface area contributed by atoms with E-state index in [1.807, 2.05) is 11.8 Å². The van der Waals surface area contributed by atoms with Gasteiger partial charge in [0.1, 0.15) is 0 Å². The van der Waals surface area contributed by atoms with Gasteiger partial charge in [0.25, 0.3) is 0 Å². The Bertz CT molecular complexity index is 739. The maximum absolute atomic E-state index is 2.45. The van der Waals surface area contributed by atoms with Crippen LogP contribution in [-0.2, 0) is 0 Å². The topological polar surface area (TPSA) is 0 Å². The van der Waals surface area contributed by atoms with Gasteiger partial charge in [-0.2, -0.15) is 0 Å². The highest BCUT2D eigenvalue weighted by molar-refractivity contribution is 8.01. The molecule has 0 amide bonds. The molecule has 0 aliphatic rings. The molecule has 2 heteroatoms. The smallest absolute Gasteiger partial charge is 0.0375 e. The highest BCUT2D eigenvalue weighted by Crippen LogP contribution is 2.37. The van der Waals surface area contributed by atoms with Gasteiger partial charge < -0.3 is 0 Å². The van der Waals surface area contributed by atoms with E-state index in [4.69, 9.17) is 0 Å². The SMILES string of the molecule is Cc1cc(C)c(P=CC(C)(C)Sc2c(C)cc(C)cc2C)c(C)c1. The Balaban J connectivity index is 2.29. The highest BCUT2D eigenvalue weighted by atomic mass is 32.2. The average molecular weight is 357 g/mol. The zero-order valence-corrected chi connectivity index (χ0v) is 18.0. The molecule has 0 fully saturated rings. The zero-order valence-electron chi connectivity index (χ0n) is 16.2. The molecule has 0 heterocycles. The molecular formula is C22H29PS. The number of thioether (sulfide) groups is 1. The van der Waals surface area contributed by atoms with Crippen molar-refractivity contribution >= 4 is 31.1 Å². The fourth-order valence-electron chi connectivity index (χ4n) is 3.21. The van der Waals surface area contributed by atoms with Crippen LogP contribution in [0.3, 0.4) is 0 Å². The molecule has 0 aliphatic heterocycles. The van der Waals surface area contributed by atoms with E-state index in [1.165, 1.54) is 51.8 Å². The van der Waals surface area contributed by atoms with Crippen LogP contribution in [0.4, 0.5) is 0 Å². The molecule has 0 N–H and O–H groups in total. The third-order valence-corrected chi connectivity index (χ3v) is 7.51. The molecule has 0 spiro atoms. The summed E-state index contributed by atoms with van der Waals surface area (Å²) in [7, 11) is 1.31. The van der Waals surface area contributed by atoms with Gasteiger partial charge in [0, 0.05) is 14.9 Å². The van der Waals surface area contributed by atoms with E-state index < -0.39 is 0 Å².